The maximum atomic E-state index is 3.80. The van der Waals surface area contributed by atoms with Crippen LogP contribution in [0.5, 0.6) is 0 Å². The fourth-order valence-corrected chi connectivity index (χ4v) is 3.62. The molecule has 0 aromatic heterocycles. The summed E-state index contributed by atoms with van der Waals surface area (Å²) in [6.45, 7) is 8.10. The SMILES string of the molecule is C[C@@H](N[C@H](C)[C@@H]1CCN(Cc2ccccc2)C1)c1ccccc1. The molecule has 0 aliphatic carbocycles. The average molecular weight is 308 g/mol. The minimum atomic E-state index is 0.411. The second-order valence-electron chi connectivity index (χ2n) is 6.86. The zero-order valence-electron chi connectivity index (χ0n) is 14.3. The number of likely N-dealkylation sites (tertiary alicyclic amines) is 1. The molecular weight excluding hydrogens is 280 g/mol. The Morgan fingerprint density at radius 3 is 2.35 bits per heavy atom. The van der Waals surface area contributed by atoms with Crippen molar-refractivity contribution in [2.45, 2.75) is 38.9 Å². The van der Waals surface area contributed by atoms with Crippen molar-refractivity contribution in [2.24, 2.45) is 5.92 Å². The van der Waals surface area contributed by atoms with Gasteiger partial charge in [0.05, 0.1) is 0 Å². The number of benzene rings is 2. The minimum Gasteiger partial charge on any atom is -0.307 e. The Labute approximate surface area is 140 Å². The maximum Gasteiger partial charge on any atom is 0.0294 e. The standard InChI is InChI=1S/C21H28N2/c1-17(20-11-7-4-8-12-20)22-18(2)21-13-14-23(16-21)15-19-9-5-3-6-10-19/h3-12,17-18,21-22H,13-16H2,1-2H3/t17-,18-,21-/m1/s1. The lowest BCUT2D eigenvalue weighted by atomic mass is 9.98. The summed E-state index contributed by atoms with van der Waals surface area (Å²) in [6.07, 6.45) is 1.29. The van der Waals surface area contributed by atoms with E-state index in [-0.39, 0.29) is 0 Å². The summed E-state index contributed by atoms with van der Waals surface area (Å²) in [4.78, 5) is 2.59. The largest absolute Gasteiger partial charge is 0.307 e. The molecule has 23 heavy (non-hydrogen) atoms. The Kier molecular flexibility index (Phi) is 5.47. The Bertz CT molecular complexity index is 581. The van der Waals surface area contributed by atoms with E-state index in [1.54, 1.807) is 0 Å². The Morgan fingerprint density at radius 2 is 1.65 bits per heavy atom. The van der Waals surface area contributed by atoms with Gasteiger partial charge >= 0.3 is 0 Å². The van der Waals surface area contributed by atoms with E-state index in [9.17, 15) is 0 Å². The van der Waals surface area contributed by atoms with Crippen LogP contribution in [0, 0.1) is 5.92 Å². The van der Waals surface area contributed by atoms with Crippen molar-refractivity contribution in [3.8, 4) is 0 Å². The van der Waals surface area contributed by atoms with Crippen LogP contribution in [0.3, 0.4) is 0 Å². The Hall–Kier alpha value is -1.64. The number of hydrogen-bond acceptors (Lipinski definition) is 2. The second kappa shape index (κ2) is 7.76. The normalized spacial score (nSPS) is 21.2. The lowest BCUT2D eigenvalue weighted by Crippen LogP contribution is -2.36. The molecule has 0 saturated carbocycles. The molecule has 1 aliphatic heterocycles. The number of rotatable bonds is 6. The molecule has 3 rings (SSSR count). The molecule has 2 aromatic carbocycles. The van der Waals surface area contributed by atoms with Gasteiger partial charge < -0.3 is 5.32 Å². The predicted molar refractivity (Wildman–Crippen MR) is 97.3 cm³/mol. The first kappa shape index (κ1) is 16.2. The van der Waals surface area contributed by atoms with Crippen LogP contribution >= 0.6 is 0 Å². The quantitative estimate of drug-likeness (QED) is 0.858. The van der Waals surface area contributed by atoms with Gasteiger partial charge in [0, 0.05) is 25.2 Å². The van der Waals surface area contributed by atoms with Gasteiger partial charge in [0.25, 0.3) is 0 Å². The molecule has 1 saturated heterocycles. The van der Waals surface area contributed by atoms with E-state index >= 15 is 0 Å². The molecule has 2 heteroatoms. The van der Waals surface area contributed by atoms with E-state index in [4.69, 9.17) is 0 Å². The molecule has 0 bridgehead atoms. The topological polar surface area (TPSA) is 15.3 Å². The predicted octanol–water partition coefficient (Wildman–Crippen LogP) is 4.25. The molecule has 0 amide bonds. The lowest BCUT2D eigenvalue weighted by molar-refractivity contribution is 0.290. The van der Waals surface area contributed by atoms with Gasteiger partial charge in [-0.05, 0) is 43.9 Å². The second-order valence-corrected chi connectivity index (χ2v) is 6.86. The van der Waals surface area contributed by atoms with Crippen LogP contribution in [0.1, 0.15) is 37.4 Å². The van der Waals surface area contributed by atoms with Crippen LogP contribution in [0.25, 0.3) is 0 Å². The molecule has 1 fully saturated rings. The Balaban J connectivity index is 1.50. The highest BCUT2D eigenvalue weighted by Crippen LogP contribution is 2.23. The molecule has 0 unspecified atom stereocenters. The van der Waals surface area contributed by atoms with Gasteiger partial charge in [0.1, 0.15) is 0 Å². The van der Waals surface area contributed by atoms with Gasteiger partial charge in [-0.25, -0.2) is 0 Å². The van der Waals surface area contributed by atoms with Crippen LogP contribution in [0.4, 0.5) is 0 Å². The monoisotopic (exact) mass is 308 g/mol. The van der Waals surface area contributed by atoms with Gasteiger partial charge in [-0.2, -0.15) is 0 Å². The smallest absolute Gasteiger partial charge is 0.0294 e. The summed E-state index contributed by atoms with van der Waals surface area (Å²) in [5.74, 6) is 0.741. The lowest BCUT2D eigenvalue weighted by Gasteiger charge is -2.25. The number of nitrogens with one attached hydrogen (secondary N) is 1. The van der Waals surface area contributed by atoms with Crippen molar-refractivity contribution in [2.75, 3.05) is 13.1 Å². The third-order valence-corrected chi connectivity index (χ3v) is 5.08. The van der Waals surface area contributed by atoms with Crippen LogP contribution < -0.4 is 5.32 Å². The first-order valence-electron chi connectivity index (χ1n) is 8.79. The fraction of sp³-hybridized carbons (Fsp3) is 0.429. The summed E-state index contributed by atoms with van der Waals surface area (Å²) in [7, 11) is 0. The fourth-order valence-electron chi connectivity index (χ4n) is 3.62. The molecule has 3 atom stereocenters. The molecule has 2 nitrogen and oxygen atoms in total. The molecular formula is C21H28N2. The van der Waals surface area contributed by atoms with E-state index in [1.165, 1.54) is 30.6 Å². The zero-order chi connectivity index (χ0) is 16.1. The molecule has 2 aromatic rings. The van der Waals surface area contributed by atoms with Gasteiger partial charge in [-0.1, -0.05) is 60.7 Å². The van der Waals surface area contributed by atoms with E-state index < -0.39 is 0 Å². The van der Waals surface area contributed by atoms with Gasteiger partial charge in [0.2, 0.25) is 0 Å². The summed E-state index contributed by atoms with van der Waals surface area (Å²) in [5, 5.41) is 3.80. The van der Waals surface area contributed by atoms with Crippen molar-refractivity contribution < 1.29 is 0 Å². The summed E-state index contributed by atoms with van der Waals surface area (Å²) in [6, 6.07) is 22.5. The first-order valence-corrected chi connectivity index (χ1v) is 8.79. The summed E-state index contributed by atoms with van der Waals surface area (Å²) < 4.78 is 0. The van der Waals surface area contributed by atoms with Crippen LogP contribution in [-0.2, 0) is 6.54 Å². The van der Waals surface area contributed by atoms with Crippen LogP contribution in [0.2, 0.25) is 0 Å². The first-order chi connectivity index (χ1) is 11.2. The van der Waals surface area contributed by atoms with Crippen molar-refractivity contribution in [3.05, 3.63) is 71.8 Å². The molecule has 1 heterocycles. The van der Waals surface area contributed by atoms with E-state index in [2.05, 4.69) is 84.7 Å². The van der Waals surface area contributed by atoms with E-state index in [1.807, 2.05) is 0 Å². The maximum absolute atomic E-state index is 3.80. The molecule has 1 N–H and O–H groups in total. The van der Waals surface area contributed by atoms with E-state index in [0.717, 1.165) is 12.5 Å². The summed E-state index contributed by atoms with van der Waals surface area (Å²) in [5.41, 5.74) is 2.80. The van der Waals surface area contributed by atoms with Gasteiger partial charge in [-0.15, -0.1) is 0 Å². The molecule has 1 aliphatic rings. The third-order valence-electron chi connectivity index (χ3n) is 5.08. The van der Waals surface area contributed by atoms with Crippen molar-refractivity contribution in [1.29, 1.82) is 0 Å². The number of nitrogens with zero attached hydrogens (tertiary/aromatic N) is 1. The highest BCUT2D eigenvalue weighted by molar-refractivity contribution is 5.18. The van der Waals surface area contributed by atoms with Crippen molar-refractivity contribution >= 4 is 0 Å². The molecule has 0 radical (unpaired) electrons. The van der Waals surface area contributed by atoms with Crippen LogP contribution in [-0.4, -0.2) is 24.0 Å². The highest BCUT2D eigenvalue weighted by Gasteiger charge is 2.27. The van der Waals surface area contributed by atoms with Crippen molar-refractivity contribution in [3.63, 3.8) is 0 Å². The third kappa shape index (κ3) is 4.43. The summed E-state index contributed by atoms with van der Waals surface area (Å²) >= 11 is 0. The minimum absolute atomic E-state index is 0.411. The van der Waals surface area contributed by atoms with Crippen molar-refractivity contribution in [1.82, 2.24) is 10.2 Å². The number of hydrogen-bond donors (Lipinski definition) is 1. The van der Waals surface area contributed by atoms with Crippen LogP contribution in [0.15, 0.2) is 60.7 Å². The zero-order valence-corrected chi connectivity index (χ0v) is 14.3. The highest BCUT2D eigenvalue weighted by atomic mass is 15.2. The van der Waals surface area contributed by atoms with E-state index in [0.29, 0.717) is 12.1 Å². The molecule has 122 valence electrons. The molecule has 0 spiro atoms. The van der Waals surface area contributed by atoms with Gasteiger partial charge in [-0.3, -0.25) is 4.90 Å². The average Bonchev–Trinajstić information content (AvgIpc) is 3.05. The Morgan fingerprint density at radius 1 is 1.00 bits per heavy atom. The van der Waals surface area contributed by atoms with Gasteiger partial charge in [0.15, 0.2) is 0 Å².